The van der Waals surface area contributed by atoms with Gasteiger partial charge in [0.15, 0.2) is 0 Å². The van der Waals surface area contributed by atoms with Gasteiger partial charge in [0, 0.05) is 82.6 Å². The molecular formula is C111H78N4. The smallest absolute Gasteiger partial charge is 0.0621 e. The van der Waals surface area contributed by atoms with E-state index in [-0.39, 0.29) is 0 Å². The van der Waals surface area contributed by atoms with Crippen LogP contribution >= 0.6 is 0 Å². The van der Waals surface area contributed by atoms with Crippen molar-refractivity contribution in [3.8, 4) is 55.6 Å². The molecule has 0 radical (unpaired) electrons. The topological polar surface area (TPSA) is 13.0 Å². The molecule has 542 valence electrons. The number of fused-ring (bicyclic) bond motifs is 9. The van der Waals surface area contributed by atoms with Gasteiger partial charge in [0.2, 0.25) is 0 Å². The highest BCUT2D eigenvalue weighted by molar-refractivity contribution is 6.26. The second-order valence-corrected chi connectivity index (χ2v) is 30.7. The van der Waals surface area contributed by atoms with E-state index >= 15 is 0 Å². The summed E-state index contributed by atoms with van der Waals surface area (Å²) in [6.45, 7) is 4.90. The summed E-state index contributed by atoms with van der Waals surface area (Å²) >= 11 is 0. The zero-order valence-corrected chi connectivity index (χ0v) is 63.9. The summed E-state index contributed by atoms with van der Waals surface area (Å²) < 4.78 is 0. The van der Waals surface area contributed by atoms with Crippen molar-refractivity contribution in [3.05, 3.63) is 448 Å². The normalized spacial score (nSPS) is 12.2. The summed E-state index contributed by atoms with van der Waals surface area (Å²) in [7, 11) is 0. The Morgan fingerprint density at radius 3 is 0.800 bits per heavy atom. The Labute approximate surface area is 670 Å². The van der Waals surface area contributed by atoms with E-state index < -0.39 is 5.41 Å². The fraction of sp³-hybridized carbons (Fsp3) is 0.0270. The van der Waals surface area contributed by atoms with Crippen LogP contribution in [0.4, 0.5) is 68.2 Å². The van der Waals surface area contributed by atoms with Crippen LogP contribution in [0.15, 0.2) is 437 Å². The van der Waals surface area contributed by atoms with E-state index in [1.807, 2.05) is 0 Å². The van der Waals surface area contributed by atoms with Gasteiger partial charge in [-0.15, -0.1) is 0 Å². The first kappa shape index (κ1) is 68.2. The third-order valence-corrected chi connectivity index (χ3v) is 23.7. The van der Waals surface area contributed by atoms with Gasteiger partial charge in [0.1, 0.15) is 0 Å². The van der Waals surface area contributed by atoms with Crippen LogP contribution in [0.5, 0.6) is 0 Å². The first-order valence-electron chi connectivity index (χ1n) is 39.8. The Morgan fingerprint density at radius 2 is 0.426 bits per heavy atom. The number of nitrogens with zero attached hydrogens (tertiary/aromatic N) is 4. The lowest BCUT2D eigenvalue weighted by atomic mass is 9.81. The number of hydrogen-bond donors (Lipinski definition) is 0. The fourth-order valence-corrected chi connectivity index (χ4v) is 18.1. The first-order valence-corrected chi connectivity index (χ1v) is 39.8. The van der Waals surface area contributed by atoms with Crippen molar-refractivity contribution >= 4 is 133 Å². The predicted octanol–water partition coefficient (Wildman–Crippen LogP) is 31.5. The maximum absolute atomic E-state index is 2.61. The molecule has 20 aromatic carbocycles. The lowest BCUT2D eigenvalue weighted by Crippen LogP contribution is -2.18. The van der Waals surface area contributed by atoms with Gasteiger partial charge >= 0.3 is 0 Å². The third kappa shape index (κ3) is 12.0. The fourth-order valence-electron chi connectivity index (χ4n) is 18.1. The molecule has 115 heavy (non-hydrogen) atoms. The minimum atomic E-state index is -0.522. The number of hydrogen-bond acceptors (Lipinski definition) is 4. The predicted molar refractivity (Wildman–Crippen MR) is 490 cm³/mol. The molecule has 4 heteroatoms. The standard InChI is InChI=1S/C111H78N4/c1-111(2)103-72-92(113(106-48-24-40-84-36-16-20-44-94(84)106)88-61-53-80(54-62-88)76-29-9-4-10-30-76)67-69-97(103)99-73-101-102(74-104(99)111)109(114(107-49-25-41-85-37-17-21-45-95(85)107)89-63-55-81(56-64-89)77-31-11-5-12-32-77)98-70-68-91(112(105-47-23-39-83-35-15-19-43-93(83)105)87-59-51-79(52-60-87)75-27-7-3-8-28-75)71-100(98)110(101)115(108-50-26-42-86-38-18-22-46-96(86)108)90-65-57-82(58-66-90)78-33-13-6-14-34-78/h3-74H,1-2H3. The number of benzene rings is 20. The quantitative estimate of drug-likeness (QED) is 0.0706. The Balaban J connectivity index is 0.894. The molecule has 0 unspecified atom stereocenters. The van der Waals surface area contributed by atoms with Crippen LogP contribution in [-0.2, 0) is 5.41 Å². The Kier molecular flexibility index (Phi) is 16.9. The maximum Gasteiger partial charge on any atom is 0.0621 e. The molecule has 21 rings (SSSR count). The van der Waals surface area contributed by atoms with Crippen LogP contribution in [-0.4, -0.2) is 0 Å². The molecule has 1 aliphatic rings. The maximum atomic E-state index is 2.61. The molecule has 0 bridgehead atoms. The van der Waals surface area contributed by atoms with E-state index in [2.05, 4.69) is 470 Å². The average Bonchev–Trinajstić information content (AvgIpc) is 1.71. The Hall–Kier alpha value is -14.8. The van der Waals surface area contributed by atoms with Crippen LogP contribution in [0.25, 0.3) is 120 Å². The van der Waals surface area contributed by atoms with Gasteiger partial charge in [0.05, 0.1) is 34.1 Å². The molecule has 0 N–H and O–H groups in total. The number of anilines is 12. The zero-order chi connectivity index (χ0) is 76.5. The van der Waals surface area contributed by atoms with Crippen molar-refractivity contribution in [3.63, 3.8) is 0 Å². The molecule has 4 nitrogen and oxygen atoms in total. The molecule has 20 aromatic rings. The summed E-state index contributed by atoms with van der Waals surface area (Å²) in [6.07, 6.45) is 0. The molecular weight excluding hydrogens is 1390 g/mol. The molecule has 0 aliphatic heterocycles. The summed E-state index contributed by atoms with van der Waals surface area (Å²) in [5.74, 6) is 0. The highest BCUT2D eigenvalue weighted by atomic mass is 15.2. The molecule has 0 spiro atoms. The molecule has 0 saturated heterocycles. The van der Waals surface area contributed by atoms with Crippen molar-refractivity contribution < 1.29 is 0 Å². The lowest BCUT2D eigenvalue weighted by Gasteiger charge is -2.35. The molecule has 0 aromatic heterocycles. The highest BCUT2D eigenvalue weighted by Gasteiger charge is 2.39. The van der Waals surface area contributed by atoms with Crippen LogP contribution < -0.4 is 19.6 Å². The summed E-state index contributed by atoms with van der Waals surface area (Å²) in [5.41, 5.74) is 26.4. The van der Waals surface area contributed by atoms with Gasteiger partial charge in [-0.1, -0.05) is 341 Å². The van der Waals surface area contributed by atoms with Gasteiger partial charge in [0.25, 0.3) is 0 Å². The van der Waals surface area contributed by atoms with Gasteiger partial charge in [-0.25, -0.2) is 0 Å². The van der Waals surface area contributed by atoms with Gasteiger partial charge in [-0.05, 0) is 198 Å². The van der Waals surface area contributed by atoms with Crippen molar-refractivity contribution in [2.75, 3.05) is 19.6 Å². The molecule has 1 aliphatic carbocycles. The van der Waals surface area contributed by atoms with Gasteiger partial charge in [-0.3, -0.25) is 0 Å². The average molecular weight is 1470 g/mol. The van der Waals surface area contributed by atoms with E-state index in [9.17, 15) is 0 Å². The monoisotopic (exact) mass is 1470 g/mol. The van der Waals surface area contributed by atoms with Gasteiger partial charge in [-0.2, -0.15) is 0 Å². The van der Waals surface area contributed by atoms with Crippen LogP contribution in [0.3, 0.4) is 0 Å². The minimum absolute atomic E-state index is 0.522. The van der Waals surface area contributed by atoms with Gasteiger partial charge < -0.3 is 19.6 Å². The summed E-state index contributed by atoms with van der Waals surface area (Å²) in [4.78, 5) is 10.2. The molecule has 0 fully saturated rings. The number of rotatable bonds is 16. The largest absolute Gasteiger partial charge is 0.310 e. The third-order valence-electron chi connectivity index (χ3n) is 23.7. The second-order valence-electron chi connectivity index (χ2n) is 30.7. The van der Waals surface area contributed by atoms with Crippen LogP contribution in [0, 0.1) is 0 Å². The van der Waals surface area contributed by atoms with E-state index in [0.717, 1.165) is 150 Å². The van der Waals surface area contributed by atoms with Crippen molar-refractivity contribution in [1.29, 1.82) is 0 Å². The molecule has 0 saturated carbocycles. The van der Waals surface area contributed by atoms with Crippen molar-refractivity contribution in [2.24, 2.45) is 0 Å². The molecule has 0 heterocycles. The summed E-state index contributed by atoms with van der Waals surface area (Å²) in [5, 5.41) is 13.6. The molecule has 0 atom stereocenters. The Bertz CT molecular complexity index is 7060. The van der Waals surface area contributed by atoms with Crippen molar-refractivity contribution in [2.45, 2.75) is 19.3 Å². The van der Waals surface area contributed by atoms with Crippen LogP contribution in [0.1, 0.15) is 25.0 Å². The lowest BCUT2D eigenvalue weighted by molar-refractivity contribution is 0.661. The SMILES string of the molecule is CC1(C)c2cc(N(c3ccc(-c4ccccc4)cc3)c3cccc4ccccc34)ccc2-c2cc3c(N(c4ccc(-c5ccccc5)cc4)c4cccc5ccccc45)c4cc(N(c5ccc(-c6ccccc6)cc5)c5cccc6ccccc56)ccc4c(N(c4ccc(-c5ccccc5)cc4)c4cccc5ccccc45)c3cc21. The van der Waals surface area contributed by atoms with E-state index in [4.69, 9.17) is 0 Å². The van der Waals surface area contributed by atoms with Crippen LogP contribution in [0.2, 0.25) is 0 Å². The summed E-state index contributed by atoms with van der Waals surface area (Å²) in [6, 6.07) is 162. The zero-order valence-electron chi connectivity index (χ0n) is 63.9. The first-order chi connectivity index (χ1) is 56.8. The Morgan fingerprint density at radius 1 is 0.165 bits per heavy atom. The van der Waals surface area contributed by atoms with Crippen molar-refractivity contribution in [1.82, 2.24) is 0 Å². The van der Waals surface area contributed by atoms with E-state index in [0.29, 0.717) is 0 Å². The molecule has 0 amide bonds. The van der Waals surface area contributed by atoms with E-state index in [1.165, 1.54) is 49.7 Å². The minimum Gasteiger partial charge on any atom is -0.310 e. The van der Waals surface area contributed by atoms with E-state index in [1.54, 1.807) is 0 Å². The second kappa shape index (κ2) is 28.5. The highest BCUT2D eigenvalue weighted by Crippen LogP contribution is 2.59.